The molecule has 7 heteroatoms. The van der Waals surface area contributed by atoms with E-state index in [-0.39, 0.29) is 5.91 Å². The van der Waals surface area contributed by atoms with Gasteiger partial charge in [-0.25, -0.2) is 0 Å². The molecule has 0 radical (unpaired) electrons. The van der Waals surface area contributed by atoms with E-state index in [4.69, 9.17) is 11.6 Å². The molecule has 1 aromatic rings. The maximum atomic E-state index is 12.4. The van der Waals surface area contributed by atoms with Crippen molar-refractivity contribution in [3.63, 3.8) is 0 Å². The maximum Gasteiger partial charge on any atom is 0.236 e. The van der Waals surface area contributed by atoms with E-state index >= 15 is 0 Å². The summed E-state index contributed by atoms with van der Waals surface area (Å²) in [5.41, 5.74) is 0. The fraction of sp³-hybridized carbons (Fsp3) is 0.688. The predicted molar refractivity (Wildman–Crippen MR) is 95.1 cm³/mol. The van der Waals surface area contributed by atoms with Gasteiger partial charge in [0.05, 0.1) is 17.4 Å². The van der Waals surface area contributed by atoms with Crippen molar-refractivity contribution in [2.75, 3.05) is 52.9 Å². The van der Waals surface area contributed by atoms with Crippen LogP contribution in [-0.2, 0) is 11.3 Å². The van der Waals surface area contributed by atoms with Crippen molar-refractivity contribution in [1.82, 2.24) is 20.0 Å². The summed E-state index contributed by atoms with van der Waals surface area (Å²) < 4.78 is 0.777. The molecule has 1 atom stereocenters. The Bertz CT molecular complexity index is 532. The average molecular weight is 357 g/mol. The summed E-state index contributed by atoms with van der Waals surface area (Å²) in [5, 5.41) is 3.40. The van der Waals surface area contributed by atoms with Crippen LogP contribution < -0.4 is 5.32 Å². The van der Waals surface area contributed by atoms with E-state index < -0.39 is 0 Å². The van der Waals surface area contributed by atoms with Crippen LogP contribution >= 0.6 is 22.9 Å². The molecule has 2 saturated heterocycles. The first-order valence-electron chi connectivity index (χ1n) is 8.27. The monoisotopic (exact) mass is 356 g/mol. The van der Waals surface area contributed by atoms with Gasteiger partial charge in [0.1, 0.15) is 0 Å². The average Bonchev–Trinajstić information content (AvgIpc) is 3.17. The molecule has 2 aliphatic heterocycles. The van der Waals surface area contributed by atoms with E-state index in [0.717, 1.165) is 48.5 Å². The first-order chi connectivity index (χ1) is 11.1. The molecule has 5 nitrogen and oxygen atoms in total. The minimum Gasteiger partial charge on any atom is -0.340 e. The van der Waals surface area contributed by atoms with Gasteiger partial charge in [0.15, 0.2) is 0 Å². The number of carbonyl (C=O) groups excluding carboxylic acids is 1. The summed E-state index contributed by atoms with van der Waals surface area (Å²) in [6.07, 6.45) is 1.18. The molecule has 0 aliphatic carbocycles. The molecule has 1 unspecified atom stereocenters. The lowest BCUT2D eigenvalue weighted by molar-refractivity contribution is -0.131. The van der Waals surface area contributed by atoms with Crippen molar-refractivity contribution in [3.8, 4) is 0 Å². The van der Waals surface area contributed by atoms with Crippen molar-refractivity contribution in [3.05, 3.63) is 21.3 Å². The van der Waals surface area contributed by atoms with E-state index in [2.05, 4.69) is 15.1 Å². The third-order valence-corrected chi connectivity index (χ3v) is 5.94. The number of thiophene rings is 1. The van der Waals surface area contributed by atoms with Gasteiger partial charge in [-0.1, -0.05) is 11.6 Å². The number of rotatable bonds is 5. The van der Waals surface area contributed by atoms with Gasteiger partial charge in [0.2, 0.25) is 5.91 Å². The number of likely N-dealkylation sites (N-methyl/N-ethyl adjacent to an activating group) is 1. The second kappa shape index (κ2) is 7.94. The predicted octanol–water partition coefficient (Wildman–Crippen LogP) is 1.34. The first-order valence-corrected chi connectivity index (χ1v) is 9.46. The minimum atomic E-state index is 0.190. The quantitative estimate of drug-likeness (QED) is 0.864. The van der Waals surface area contributed by atoms with Gasteiger partial charge in [-0.2, -0.15) is 0 Å². The molecule has 0 spiro atoms. The number of nitrogens with zero attached hydrogens (tertiary/aromatic N) is 3. The van der Waals surface area contributed by atoms with Crippen molar-refractivity contribution in [2.45, 2.75) is 19.0 Å². The van der Waals surface area contributed by atoms with Gasteiger partial charge in [0.25, 0.3) is 0 Å². The Morgan fingerprint density at radius 2 is 2.17 bits per heavy atom. The Morgan fingerprint density at radius 1 is 1.39 bits per heavy atom. The number of halogens is 1. The zero-order valence-electron chi connectivity index (χ0n) is 13.6. The molecule has 3 rings (SSSR count). The van der Waals surface area contributed by atoms with Crippen LogP contribution in [0.3, 0.4) is 0 Å². The van der Waals surface area contributed by atoms with Gasteiger partial charge >= 0.3 is 0 Å². The molecule has 0 saturated carbocycles. The molecular formula is C16H25ClN4OS. The SMILES string of the molecule is CN(Cc1ccc(Cl)s1)C(=O)CN1CCC(N2CCNCC2)C1. The fourth-order valence-corrected chi connectivity index (χ4v) is 4.51. The lowest BCUT2D eigenvalue weighted by Crippen LogP contribution is -2.49. The molecule has 2 aliphatic rings. The Labute approximate surface area is 147 Å². The number of hydrogen-bond acceptors (Lipinski definition) is 5. The van der Waals surface area contributed by atoms with Crippen LogP contribution in [-0.4, -0.2) is 79.5 Å². The maximum absolute atomic E-state index is 12.4. The van der Waals surface area contributed by atoms with Crippen LogP contribution in [0.1, 0.15) is 11.3 Å². The molecule has 1 amide bonds. The molecule has 128 valence electrons. The van der Waals surface area contributed by atoms with Gasteiger partial charge in [-0.3, -0.25) is 14.6 Å². The van der Waals surface area contributed by atoms with Crippen molar-refractivity contribution in [2.24, 2.45) is 0 Å². The molecule has 1 aromatic heterocycles. The number of hydrogen-bond donors (Lipinski definition) is 1. The highest BCUT2D eigenvalue weighted by atomic mass is 35.5. The third-order valence-electron chi connectivity index (χ3n) is 4.72. The van der Waals surface area contributed by atoms with Gasteiger partial charge < -0.3 is 10.2 Å². The van der Waals surface area contributed by atoms with Crippen molar-refractivity contribution in [1.29, 1.82) is 0 Å². The Hall–Kier alpha value is -0.660. The largest absolute Gasteiger partial charge is 0.340 e. The number of nitrogens with one attached hydrogen (secondary N) is 1. The topological polar surface area (TPSA) is 38.8 Å². The fourth-order valence-electron chi connectivity index (χ4n) is 3.37. The lowest BCUT2D eigenvalue weighted by atomic mass is 10.2. The molecule has 1 N–H and O–H groups in total. The van der Waals surface area contributed by atoms with E-state index in [1.807, 2.05) is 19.2 Å². The zero-order chi connectivity index (χ0) is 16.2. The summed E-state index contributed by atoms with van der Waals surface area (Å²) in [6, 6.07) is 4.50. The van der Waals surface area contributed by atoms with Gasteiger partial charge in [-0.05, 0) is 18.6 Å². The Kier molecular flexibility index (Phi) is 5.93. The standard InChI is InChI=1S/C16H25ClN4OS/c1-19(11-14-2-3-15(17)23-14)16(22)12-20-7-4-13(10-20)21-8-5-18-6-9-21/h2-3,13,18H,4-12H2,1H3. The Balaban J connectivity index is 1.44. The number of likely N-dealkylation sites (tertiary alicyclic amines) is 1. The van der Waals surface area contributed by atoms with Gasteiger partial charge in [0, 0.05) is 57.2 Å². The van der Waals surface area contributed by atoms with Crippen molar-refractivity contribution < 1.29 is 4.79 Å². The summed E-state index contributed by atoms with van der Waals surface area (Å²) in [5.74, 6) is 0.190. The van der Waals surface area contributed by atoms with Crippen LogP contribution in [0.5, 0.6) is 0 Å². The number of carbonyl (C=O) groups is 1. The Morgan fingerprint density at radius 3 is 2.87 bits per heavy atom. The van der Waals surface area contributed by atoms with E-state index in [9.17, 15) is 4.79 Å². The van der Waals surface area contributed by atoms with Gasteiger partial charge in [-0.15, -0.1) is 11.3 Å². The van der Waals surface area contributed by atoms with E-state index in [0.29, 0.717) is 19.1 Å². The normalized spacial score (nSPS) is 23.3. The third kappa shape index (κ3) is 4.67. The van der Waals surface area contributed by atoms with Crippen LogP contribution in [0.15, 0.2) is 12.1 Å². The second-order valence-electron chi connectivity index (χ2n) is 6.42. The van der Waals surface area contributed by atoms with E-state index in [1.54, 1.807) is 16.2 Å². The molecular weight excluding hydrogens is 332 g/mol. The van der Waals surface area contributed by atoms with Crippen LogP contribution in [0, 0.1) is 0 Å². The highest BCUT2D eigenvalue weighted by molar-refractivity contribution is 7.16. The highest BCUT2D eigenvalue weighted by Crippen LogP contribution is 2.22. The molecule has 3 heterocycles. The first kappa shape index (κ1) is 17.2. The van der Waals surface area contributed by atoms with Crippen LogP contribution in [0.25, 0.3) is 0 Å². The second-order valence-corrected chi connectivity index (χ2v) is 8.22. The molecule has 23 heavy (non-hydrogen) atoms. The van der Waals surface area contributed by atoms with Crippen LogP contribution in [0.2, 0.25) is 4.34 Å². The minimum absolute atomic E-state index is 0.190. The smallest absolute Gasteiger partial charge is 0.236 e. The molecule has 0 aromatic carbocycles. The lowest BCUT2D eigenvalue weighted by Gasteiger charge is -2.32. The molecule has 0 bridgehead atoms. The van der Waals surface area contributed by atoms with E-state index in [1.165, 1.54) is 6.42 Å². The number of piperazine rings is 1. The number of amides is 1. The summed E-state index contributed by atoms with van der Waals surface area (Å²) in [7, 11) is 1.87. The summed E-state index contributed by atoms with van der Waals surface area (Å²) >= 11 is 7.49. The zero-order valence-corrected chi connectivity index (χ0v) is 15.2. The molecule has 2 fully saturated rings. The summed E-state index contributed by atoms with van der Waals surface area (Å²) in [4.78, 5) is 20.2. The van der Waals surface area contributed by atoms with Crippen LogP contribution in [0.4, 0.5) is 0 Å². The summed E-state index contributed by atoms with van der Waals surface area (Å²) in [6.45, 7) is 7.65. The highest BCUT2D eigenvalue weighted by Gasteiger charge is 2.29. The van der Waals surface area contributed by atoms with Crippen molar-refractivity contribution >= 4 is 28.8 Å².